The number of benzene rings is 1. The van der Waals surface area contributed by atoms with Crippen molar-refractivity contribution in [3.63, 3.8) is 0 Å². The highest BCUT2D eigenvalue weighted by molar-refractivity contribution is 7.98. The lowest BCUT2D eigenvalue weighted by Crippen LogP contribution is -2.38. The zero-order valence-electron chi connectivity index (χ0n) is 19.5. The molecule has 1 aromatic carbocycles. The maximum absolute atomic E-state index is 14.4. The van der Waals surface area contributed by atoms with Crippen LogP contribution in [0.5, 0.6) is 0 Å². The number of halogens is 1. The average Bonchev–Trinajstić information content (AvgIpc) is 3.40. The van der Waals surface area contributed by atoms with Crippen molar-refractivity contribution >= 4 is 35.0 Å². The van der Waals surface area contributed by atoms with Gasteiger partial charge in [0.25, 0.3) is 5.91 Å². The van der Waals surface area contributed by atoms with Gasteiger partial charge in [-0.05, 0) is 43.5 Å². The number of anilines is 2. The summed E-state index contributed by atoms with van der Waals surface area (Å²) in [6, 6.07) is 7.51. The van der Waals surface area contributed by atoms with Gasteiger partial charge in [-0.25, -0.2) is 14.4 Å². The summed E-state index contributed by atoms with van der Waals surface area (Å²) in [5.74, 6) is -0.440. The summed E-state index contributed by atoms with van der Waals surface area (Å²) in [6.45, 7) is 5.11. The zero-order valence-corrected chi connectivity index (χ0v) is 20.3. The molecule has 2 N–H and O–H groups in total. The van der Waals surface area contributed by atoms with Crippen molar-refractivity contribution in [2.45, 2.75) is 18.4 Å². The highest BCUT2D eigenvalue weighted by Crippen LogP contribution is 2.27. The first kappa shape index (κ1) is 24.8. The maximum atomic E-state index is 14.4. The summed E-state index contributed by atoms with van der Waals surface area (Å²) in [4.78, 5) is 36.4. The smallest absolute Gasteiger partial charge is 0.260 e. The number of furan rings is 1. The van der Waals surface area contributed by atoms with Crippen LogP contribution in [0.4, 0.5) is 15.8 Å². The number of nitrogens with zero attached hydrogens (tertiary/aromatic N) is 3. The molecule has 35 heavy (non-hydrogen) atoms. The predicted octanol–water partition coefficient (Wildman–Crippen LogP) is 3.82. The zero-order chi connectivity index (χ0) is 24.8. The summed E-state index contributed by atoms with van der Waals surface area (Å²) in [7, 11) is 0. The molecule has 1 aliphatic heterocycles. The Balaban J connectivity index is 1.45. The molecule has 4 rings (SSSR count). The first-order chi connectivity index (χ1) is 16.9. The Bertz CT molecular complexity index is 1200. The van der Waals surface area contributed by atoms with Gasteiger partial charge in [-0.1, -0.05) is 0 Å². The molecule has 0 saturated carbocycles. The minimum atomic E-state index is -0.588. The summed E-state index contributed by atoms with van der Waals surface area (Å²) in [5, 5.41) is 5.84. The second-order valence-electron chi connectivity index (χ2n) is 7.90. The number of aromatic nitrogens is 2. The van der Waals surface area contributed by atoms with E-state index in [4.69, 9.17) is 9.15 Å². The maximum Gasteiger partial charge on any atom is 0.260 e. The number of nitrogens with one attached hydrogen (secondary N) is 2. The van der Waals surface area contributed by atoms with E-state index in [9.17, 15) is 14.0 Å². The highest BCUT2D eigenvalue weighted by atomic mass is 32.2. The third-order valence-corrected chi connectivity index (χ3v) is 6.16. The molecule has 0 spiro atoms. The van der Waals surface area contributed by atoms with Crippen LogP contribution in [-0.2, 0) is 9.53 Å². The minimum absolute atomic E-state index is 0.000932. The van der Waals surface area contributed by atoms with E-state index in [-0.39, 0.29) is 18.0 Å². The van der Waals surface area contributed by atoms with E-state index in [2.05, 4.69) is 25.5 Å². The molecular formula is C24H26FN5O4S. The van der Waals surface area contributed by atoms with Gasteiger partial charge in [-0.3, -0.25) is 14.5 Å². The van der Waals surface area contributed by atoms with Crippen molar-refractivity contribution in [2.75, 3.05) is 49.7 Å². The summed E-state index contributed by atoms with van der Waals surface area (Å²) < 4.78 is 25.0. The van der Waals surface area contributed by atoms with Crippen molar-refractivity contribution in [2.24, 2.45) is 0 Å². The Morgan fingerprint density at radius 2 is 1.97 bits per heavy atom. The van der Waals surface area contributed by atoms with Crippen molar-refractivity contribution < 1.29 is 23.1 Å². The van der Waals surface area contributed by atoms with Crippen LogP contribution in [0.2, 0.25) is 0 Å². The van der Waals surface area contributed by atoms with Crippen LogP contribution < -0.4 is 10.6 Å². The Morgan fingerprint density at radius 3 is 2.69 bits per heavy atom. The molecule has 11 heteroatoms. The molecule has 2 amide bonds. The lowest BCUT2D eigenvalue weighted by atomic mass is 10.2. The molecule has 1 saturated heterocycles. The van der Waals surface area contributed by atoms with Gasteiger partial charge in [0.2, 0.25) is 5.91 Å². The molecule has 2 aromatic heterocycles. The fourth-order valence-corrected chi connectivity index (χ4v) is 4.28. The Kier molecular flexibility index (Phi) is 8.11. The number of carbonyl (C=O) groups is 2. The molecule has 1 aliphatic rings. The fourth-order valence-electron chi connectivity index (χ4n) is 3.66. The van der Waals surface area contributed by atoms with Crippen molar-refractivity contribution in [3.05, 3.63) is 53.7 Å². The summed E-state index contributed by atoms with van der Waals surface area (Å²) >= 11 is 1.31. The number of hydrogen-bond donors (Lipinski definition) is 2. The van der Waals surface area contributed by atoms with Crippen molar-refractivity contribution in [1.82, 2.24) is 14.9 Å². The third-order valence-electron chi connectivity index (χ3n) is 5.48. The van der Waals surface area contributed by atoms with Crippen LogP contribution in [0.15, 0.2) is 46.0 Å². The SMILES string of the molecule is CSc1nc(-c2ccco2)nc(C)c1C(=O)Nc1ccc(F)c(NC(=O)CCN2CCOCC2)c1. The molecule has 0 radical (unpaired) electrons. The van der Waals surface area contributed by atoms with Gasteiger partial charge < -0.3 is 19.8 Å². The van der Waals surface area contributed by atoms with Gasteiger partial charge in [-0.15, -0.1) is 11.8 Å². The van der Waals surface area contributed by atoms with E-state index in [1.807, 2.05) is 6.26 Å². The lowest BCUT2D eigenvalue weighted by Gasteiger charge is -2.26. The molecule has 0 atom stereocenters. The molecule has 0 bridgehead atoms. The molecule has 1 fully saturated rings. The molecule has 0 unspecified atom stereocenters. The quantitative estimate of drug-likeness (QED) is 0.356. The van der Waals surface area contributed by atoms with Crippen LogP contribution in [0, 0.1) is 12.7 Å². The normalized spacial score (nSPS) is 14.0. The third kappa shape index (κ3) is 6.24. The number of rotatable bonds is 8. The van der Waals surface area contributed by atoms with Gasteiger partial charge in [0.1, 0.15) is 10.8 Å². The molecule has 3 heterocycles. The standard InChI is InChI=1S/C24H26FN5O4S/c1-15-21(24(35-2)29-22(26-15)19-4-3-11-34-19)23(32)27-16-5-6-17(25)18(14-16)28-20(31)7-8-30-9-12-33-13-10-30/h3-6,11,14H,7-10,12-13H2,1-2H3,(H,27,32)(H,28,31). The van der Waals surface area contributed by atoms with E-state index >= 15 is 0 Å². The Hall–Kier alpha value is -3.28. The average molecular weight is 500 g/mol. The van der Waals surface area contributed by atoms with E-state index in [0.29, 0.717) is 53.3 Å². The van der Waals surface area contributed by atoms with Crippen LogP contribution in [0.3, 0.4) is 0 Å². The Labute approximate surface area is 206 Å². The summed E-state index contributed by atoms with van der Waals surface area (Å²) in [5.41, 5.74) is 1.13. The number of amides is 2. The minimum Gasteiger partial charge on any atom is -0.461 e. The topological polar surface area (TPSA) is 110 Å². The van der Waals surface area contributed by atoms with Crippen LogP contribution in [-0.4, -0.2) is 65.8 Å². The number of ether oxygens (including phenoxy) is 1. The van der Waals surface area contributed by atoms with Crippen molar-refractivity contribution in [1.29, 1.82) is 0 Å². The largest absolute Gasteiger partial charge is 0.461 e. The monoisotopic (exact) mass is 499 g/mol. The van der Waals surface area contributed by atoms with E-state index < -0.39 is 11.7 Å². The molecular weight excluding hydrogens is 473 g/mol. The van der Waals surface area contributed by atoms with Gasteiger partial charge >= 0.3 is 0 Å². The van der Waals surface area contributed by atoms with Gasteiger partial charge in [-0.2, -0.15) is 0 Å². The molecule has 9 nitrogen and oxygen atoms in total. The molecule has 184 valence electrons. The van der Waals surface area contributed by atoms with E-state index in [1.165, 1.54) is 36.2 Å². The molecule has 0 aliphatic carbocycles. The van der Waals surface area contributed by atoms with Gasteiger partial charge in [0.15, 0.2) is 11.6 Å². The Morgan fingerprint density at radius 1 is 1.17 bits per heavy atom. The van der Waals surface area contributed by atoms with Crippen molar-refractivity contribution in [3.8, 4) is 11.6 Å². The van der Waals surface area contributed by atoms with Gasteiger partial charge in [0, 0.05) is 31.7 Å². The summed E-state index contributed by atoms with van der Waals surface area (Å²) in [6.07, 6.45) is 3.57. The van der Waals surface area contributed by atoms with Crippen LogP contribution in [0.1, 0.15) is 22.5 Å². The van der Waals surface area contributed by atoms with E-state index in [0.717, 1.165) is 13.1 Å². The first-order valence-electron chi connectivity index (χ1n) is 11.1. The van der Waals surface area contributed by atoms with E-state index in [1.54, 1.807) is 19.1 Å². The number of thioether (sulfide) groups is 1. The number of carbonyl (C=O) groups excluding carboxylic acids is 2. The number of morpholine rings is 1. The molecule has 3 aromatic rings. The van der Waals surface area contributed by atoms with Gasteiger partial charge in [0.05, 0.1) is 36.4 Å². The second-order valence-corrected chi connectivity index (χ2v) is 8.69. The van der Waals surface area contributed by atoms with Crippen LogP contribution in [0.25, 0.3) is 11.6 Å². The fraction of sp³-hybridized carbons (Fsp3) is 0.333. The predicted molar refractivity (Wildman–Crippen MR) is 131 cm³/mol. The number of aryl methyl sites for hydroxylation is 1. The number of hydrogen-bond acceptors (Lipinski definition) is 8. The highest BCUT2D eigenvalue weighted by Gasteiger charge is 2.21. The lowest BCUT2D eigenvalue weighted by molar-refractivity contribution is -0.116. The van der Waals surface area contributed by atoms with Crippen LogP contribution >= 0.6 is 11.8 Å². The second kappa shape index (κ2) is 11.4. The first-order valence-corrected chi connectivity index (χ1v) is 12.3.